The Morgan fingerprint density at radius 3 is 2.80 bits per heavy atom. The monoisotopic (exact) mass is 275 g/mol. The normalized spacial score (nSPS) is 10.3. The van der Waals surface area contributed by atoms with Crippen LogP contribution in [0.5, 0.6) is 5.75 Å². The van der Waals surface area contributed by atoms with Gasteiger partial charge in [0.05, 0.1) is 13.7 Å². The van der Waals surface area contributed by atoms with Crippen molar-refractivity contribution in [3.05, 3.63) is 41.5 Å². The van der Waals surface area contributed by atoms with Gasteiger partial charge in [-0.1, -0.05) is 18.2 Å². The standard InChI is InChI=1S/C14H17N3O3/c1-4-20-14(18)13-15-12(17(2)16-13)9-10-7-5-6-8-11(10)19-3/h5-8H,4,9H2,1-3H3. The molecule has 0 spiro atoms. The van der Waals surface area contributed by atoms with Crippen LogP contribution in [-0.4, -0.2) is 34.5 Å². The van der Waals surface area contributed by atoms with Crippen molar-refractivity contribution in [2.45, 2.75) is 13.3 Å². The minimum absolute atomic E-state index is 0.0826. The second-order valence-corrected chi connectivity index (χ2v) is 4.18. The highest BCUT2D eigenvalue weighted by Gasteiger charge is 2.16. The van der Waals surface area contributed by atoms with Crippen LogP contribution in [-0.2, 0) is 18.2 Å². The molecule has 0 fully saturated rings. The van der Waals surface area contributed by atoms with Gasteiger partial charge < -0.3 is 9.47 Å². The number of methoxy groups -OCH3 is 1. The average Bonchev–Trinajstić information content (AvgIpc) is 2.81. The van der Waals surface area contributed by atoms with Gasteiger partial charge in [-0.2, -0.15) is 0 Å². The molecule has 0 amide bonds. The van der Waals surface area contributed by atoms with Gasteiger partial charge in [-0.3, -0.25) is 4.68 Å². The second-order valence-electron chi connectivity index (χ2n) is 4.18. The van der Waals surface area contributed by atoms with E-state index in [2.05, 4.69) is 10.1 Å². The van der Waals surface area contributed by atoms with E-state index in [1.165, 1.54) is 0 Å². The molecule has 0 aliphatic rings. The highest BCUT2D eigenvalue weighted by Crippen LogP contribution is 2.20. The van der Waals surface area contributed by atoms with Crippen LogP contribution in [0.3, 0.4) is 0 Å². The van der Waals surface area contributed by atoms with E-state index >= 15 is 0 Å². The van der Waals surface area contributed by atoms with Gasteiger partial charge >= 0.3 is 5.97 Å². The van der Waals surface area contributed by atoms with Gasteiger partial charge in [0.15, 0.2) is 0 Å². The topological polar surface area (TPSA) is 66.2 Å². The van der Waals surface area contributed by atoms with E-state index in [-0.39, 0.29) is 5.82 Å². The minimum atomic E-state index is -0.505. The molecule has 1 aromatic carbocycles. The quantitative estimate of drug-likeness (QED) is 0.775. The number of carbonyl (C=O) groups is 1. The number of aryl methyl sites for hydroxylation is 1. The van der Waals surface area contributed by atoms with Gasteiger partial charge in [0.2, 0.25) is 0 Å². The zero-order valence-corrected chi connectivity index (χ0v) is 11.8. The van der Waals surface area contributed by atoms with Crippen molar-refractivity contribution >= 4 is 5.97 Å². The molecule has 0 aliphatic carbocycles. The van der Waals surface area contributed by atoms with E-state index in [1.807, 2.05) is 24.3 Å². The van der Waals surface area contributed by atoms with Crippen LogP contribution in [0.25, 0.3) is 0 Å². The molecular weight excluding hydrogens is 258 g/mol. The summed E-state index contributed by atoms with van der Waals surface area (Å²) >= 11 is 0. The summed E-state index contributed by atoms with van der Waals surface area (Å²) in [5.74, 6) is 1.04. The van der Waals surface area contributed by atoms with E-state index < -0.39 is 5.97 Å². The Labute approximate surface area is 117 Å². The molecule has 2 aromatic rings. The number of rotatable bonds is 5. The fourth-order valence-electron chi connectivity index (χ4n) is 1.87. The molecule has 6 heteroatoms. The van der Waals surface area contributed by atoms with E-state index in [0.717, 1.165) is 11.3 Å². The molecule has 6 nitrogen and oxygen atoms in total. The van der Waals surface area contributed by atoms with E-state index in [0.29, 0.717) is 18.9 Å². The Morgan fingerprint density at radius 1 is 1.35 bits per heavy atom. The summed E-state index contributed by atoms with van der Waals surface area (Å²) in [6, 6.07) is 7.68. The first-order valence-corrected chi connectivity index (χ1v) is 6.34. The number of ether oxygens (including phenoxy) is 2. The first-order chi connectivity index (χ1) is 9.65. The lowest BCUT2D eigenvalue weighted by Gasteiger charge is -2.06. The number of carbonyl (C=O) groups excluding carboxylic acids is 1. The number of nitrogens with zero attached hydrogens (tertiary/aromatic N) is 3. The summed E-state index contributed by atoms with van der Waals surface area (Å²) in [5, 5.41) is 4.07. The van der Waals surface area contributed by atoms with E-state index in [9.17, 15) is 4.79 Å². The Balaban J connectivity index is 2.23. The van der Waals surface area contributed by atoms with Crippen LogP contribution in [0, 0.1) is 0 Å². The van der Waals surface area contributed by atoms with Crippen LogP contribution < -0.4 is 4.74 Å². The molecular formula is C14H17N3O3. The number of hydrogen-bond donors (Lipinski definition) is 0. The van der Waals surface area contributed by atoms with Crippen LogP contribution in [0.2, 0.25) is 0 Å². The number of benzene rings is 1. The zero-order chi connectivity index (χ0) is 14.5. The number of esters is 1. The van der Waals surface area contributed by atoms with E-state index in [4.69, 9.17) is 9.47 Å². The summed E-state index contributed by atoms with van der Waals surface area (Å²) < 4.78 is 11.8. The van der Waals surface area contributed by atoms with Gasteiger partial charge in [-0.05, 0) is 13.0 Å². The molecule has 106 valence electrons. The van der Waals surface area contributed by atoms with Crippen molar-refractivity contribution < 1.29 is 14.3 Å². The first kappa shape index (κ1) is 14.0. The van der Waals surface area contributed by atoms with Crippen LogP contribution in [0.15, 0.2) is 24.3 Å². The van der Waals surface area contributed by atoms with Gasteiger partial charge in [0.1, 0.15) is 11.6 Å². The third-order valence-corrected chi connectivity index (χ3v) is 2.85. The van der Waals surface area contributed by atoms with Crippen LogP contribution in [0.1, 0.15) is 28.9 Å². The molecule has 0 radical (unpaired) electrons. The van der Waals surface area contributed by atoms with Crippen LogP contribution in [0.4, 0.5) is 0 Å². The maximum atomic E-state index is 11.6. The summed E-state index contributed by atoms with van der Waals surface area (Å²) in [5.41, 5.74) is 0.987. The Kier molecular flexibility index (Phi) is 4.34. The summed E-state index contributed by atoms with van der Waals surface area (Å²) in [6.45, 7) is 2.05. The largest absolute Gasteiger partial charge is 0.496 e. The van der Waals surface area contributed by atoms with Crippen molar-refractivity contribution in [2.24, 2.45) is 7.05 Å². The second kappa shape index (κ2) is 6.18. The fourth-order valence-corrected chi connectivity index (χ4v) is 1.87. The first-order valence-electron chi connectivity index (χ1n) is 6.34. The molecule has 0 bridgehead atoms. The minimum Gasteiger partial charge on any atom is -0.496 e. The lowest BCUT2D eigenvalue weighted by Crippen LogP contribution is -2.07. The predicted molar refractivity (Wildman–Crippen MR) is 72.8 cm³/mol. The number of para-hydroxylation sites is 1. The molecule has 2 rings (SSSR count). The molecule has 1 heterocycles. The smallest absolute Gasteiger partial charge is 0.378 e. The van der Waals surface area contributed by atoms with Crippen molar-refractivity contribution in [2.75, 3.05) is 13.7 Å². The van der Waals surface area contributed by atoms with Crippen molar-refractivity contribution in [1.82, 2.24) is 14.8 Å². The third kappa shape index (κ3) is 2.96. The van der Waals surface area contributed by atoms with E-state index in [1.54, 1.807) is 25.8 Å². The number of hydrogen-bond acceptors (Lipinski definition) is 5. The van der Waals surface area contributed by atoms with Crippen molar-refractivity contribution in [3.8, 4) is 5.75 Å². The van der Waals surface area contributed by atoms with Gasteiger partial charge in [0, 0.05) is 19.0 Å². The predicted octanol–water partition coefficient (Wildman–Crippen LogP) is 1.59. The summed E-state index contributed by atoms with van der Waals surface area (Å²) in [6.07, 6.45) is 0.535. The molecule has 0 saturated carbocycles. The third-order valence-electron chi connectivity index (χ3n) is 2.85. The summed E-state index contributed by atoms with van der Waals surface area (Å²) in [4.78, 5) is 15.8. The molecule has 0 atom stereocenters. The summed E-state index contributed by atoms with van der Waals surface area (Å²) in [7, 11) is 3.38. The Bertz CT molecular complexity index is 607. The molecule has 0 saturated heterocycles. The van der Waals surface area contributed by atoms with Crippen LogP contribution >= 0.6 is 0 Å². The SMILES string of the molecule is CCOC(=O)c1nc(Cc2ccccc2OC)n(C)n1. The molecule has 0 unspecified atom stereocenters. The highest BCUT2D eigenvalue weighted by atomic mass is 16.5. The molecule has 1 aromatic heterocycles. The van der Waals surface area contributed by atoms with Gasteiger partial charge in [-0.15, -0.1) is 5.10 Å². The average molecular weight is 275 g/mol. The molecule has 20 heavy (non-hydrogen) atoms. The number of aromatic nitrogens is 3. The van der Waals surface area contributed by atoms with Crippen molar-refractivity contribution in [3.63, 3.8) is 0 Å². The molecule has 0 aliphatic heterocycles. The lowest BCUT2D eigenvalue weighted by molar-refractivity contribution is 0.0512. The molecule has 0 N–H and O–H groups in total. The van der Waals surface area contributed by atoms with Crippen molar-refractivity contribution in [1.29, 1.82) is 0 Å². The Hall–Kier alpha value is -2.37. The zero-order valence-electron chi connectivity index (χ0n) is 11.8. The maximum absolute atomic E-state index is 11.6. The van der Waals surface area contributed by atoms with Gasteiger partial charge in [-0.25, -0.2) is 9.78 Å². The highest BCUT2D eigenvalue weighted by molar-refractivity contribution is 5.85. The Morgan fingerprint density at radius 2 is 2.10 bits per heavy atom. The lowest BCUT2D eigenvalue weighted by atomic mass is 10.1. The maximum Gasteiger partial charge on any atom is 0.378 e. The van der Waals surface area contributed by atoms with Gasteiger partial charge in [0.25, 0.3) is 5.82 Å². The fraction of sp³-hybridized carbons (Fsp3) is 0.357.